The first-order chi connectivity index (χ1) is 6.27. The lowest BCUT2D eigenvalue weighted by Crippen LogP contribution is -2.60. The van der Waals surface area contributed by atoms with Gasteiger partial charge in [-0.15, -0.1) is 0 Å². The molecule has 4 heteroatoms. The van der Waals surface area contributed by atoms with E-state index < -0.39 is 0 Å². The summed E-state index contributed by atoms with van der Waals surface area (Å²) >= 11 is 0. The van der Waals surface area contributed by atoms with Crippen LogP contribution in [-0.2, 0) is 11.3 Å². The van der Waals surface area contributed by atoms with Crippen molar-refractivity contribution in [2.24, 2.45) is 5.73 Å². The van der Waals surface area contributed by atoms with Gasteiger partial charge < -0.3 is 10.6 Å². The fourth-order valence-corrected chi connectivity index (χ4v) is 1.38. The Kier molecular flexibility index (Phi) is 1.98. The van der Waals surface area contributed by atoms with Crippen LogP contribution >= 0.6 is 0 Å². The monoisotopic (exact) mass is 177 g/mol. The molecule has 1 aliphatic rings. The fraction of sp³-hybridized carbons (Fsp3) is 0.333. The number of nitrogens with zero attached hydrogens (tertiary/aromatic N) is 2. The summed E-state index contributed by atoms with van der Waals surface area (Å²) < 4.78 is 0. The van der Waals surface area contributed by atoms with Crippen molar-refractivity contribution in [3.05, 3.63) is 30.1 Å². The van der Waals surface area contributed by atoms with E-state index in [1.54, 1.807) is 17.3 Å². The molecule has 1 atom stereocenters. The Morgan fingerprint density at radius 3 is 3.08 bits per heavy atom. The van der Waals surface area contributed by atoms with Crippen LogP contribution in [0.1, 0.15) is 5.56 Å². The van der Waals surface area contributed by atoms with Crippen LogP contribution in [0.5, 0.6) is 0 Å². The number of carbonyl (C=O) groups is 1. The zero-order valence-corrected chi connectivity index (χ0v) is 7.18. The third-order valence-corrected chi connectivity index (χ3v) is 2.14. The quantitative estimate of drug-likeness (QED) is 0.634. The number of β-lactam (4-membered cyclic amide) rings is 1. The van der Waals surface area contributed by atoms with Gasteiger partial charge in [0, 0.05) is 25.5 Å². The number of hydrogen-bond acceptors (Lipinski definition) is 3. The topological polar surface area (TPSA) is 59.2 Å². The average molecular weight is 177 g/mol. The van der Waals surface area contributed by atoms with Crippen LogP contribution in [0.25, 0.3) is 0 Å². The molecular formula is C9H11N3O. The first kappa shape index (κ1) is 8.19. The molecule has 1 amide bonds. The second-order valence-corrected chi connectivity index (χ2v) is 3.19. The Balaban J connectivity index is 1.97. The molecule has 2 heterocycles. The van der Waals surface area contributed by atoms with Crippen LogP contribution in [0.15, 0.2) is 24.5 Å². The molecule has 0 aromatic carbocycles. The van der Waals surface area contributed by atoms with Gasteiger partial charge in [-0.05, 0) is 11.6 Å². The molecule has 2 rings (SSSR count). The van der Waals surface area contributed by atoms with Crippen molar-refractivity contribution in [1.82, 2.24) is 9.88 Å². The van der Waals surface area contributed by atoms with Gasteiger partial charge in [0.15, 0.2) is 0 Å². The van der Waals surface area contributed by atoms with Crippen LogP contribution in [0.2, 0.25) is 0 Å². The van der Waals surface area contributed by atoms with Crippen LogP contribution in [0.4, 0.5) is 0 Å². The highest BCUT2D eigenvalue weighted by Crippen LogP contribution is 2.12. The van der Waals surface area contributed by atoms with E-state index in [9.17, 15) is 4.79 Å². The van der Waals surface area contributed by atoms with Gasteiger partial charge in [0.25, 0.3) is 0 Å². The first-order valence-electron chi connectivity index (χ1n) is 4.20. The minimum atomic E-state index is -0.281. The van der Waals surface area contributed by atoms with Crippen LogP contribution in [0, 0.1) is 0 Å². The standard InChI is InChI=1S/C9H11N3O/c10-8-6-12(9(8)13)5-7-2-1-3-11-4-7/h1-4,8H,5-6,10H2. The summed E-state index contributed by atoms with van der Waals surface area (Å²) in [5.74, 6) is 0.0313. The number of nitrogens with two attached hydrogens (primary N) is 1. The maximum Gasteiger partial charge on any atom is 0.241 e. The maximum atomic E-state index is 11.1. The molecule has 4 nitrogen and oxygen atoms in total. The summed E-state index contributed by atoms with van der Waals surface area (Å²) in [7, 11) is 0. The number of rotatable bonds is 2. The molecule has 2 N–H and O–H groups in total. The van der Waals surface area contributed by atoms with E-state index in [4.69, 9.17) is 5.73 Å². The van der Waals surface area contributed by atoms with E-state index in [0.717, 1.165) is 5.56 Å². The summed E-state index contributed by atoms with van der Waals surface area (Å²) in [6.07, 6.45) is 3.48. The number of likely N-dealkylation sites (tertiary alicyclic amines) is 1. The van der Waals surface area contributed by atoms with Gasteiger partial charge in [-0.2, -0.15) is 0 Å². The smallest absolute Gasteiger partial charge is 0.241 e. The molecule has 0 bridgehead atoms. The normalized spacial score (nSPS) is 21.5. The predicted molar refractivity (Wildman–Crippen MR) is 47.6 cm³/mol. The second kappa shape index (κ2) is 3.14. The zero-order valence-electron chi connectivity index (χ0n) is 7.18. The third kappa shape index (κ3) is 1.53. The molecule has 0 saturated carbocycles. The third-order valence-electron chi connectivity index (χ3n) is 2.14. The van der Waals surface area contributed by atoms with E-state index in [-0.39, 0.29) is 11.9 Å². The summed E-state index contributed by atoms with van der Waals surface area (Å²) in [5.41, 5.74) is 6.50. The Morgan fingerprint density at radius 2 is 2.54 bits per heavy atom. The van der Waals surface area contributed by atoms with Gasteiger partial charge in [0.2, 0.25) is 5.91 Å². The minimum absolute atomic E-state index is 0.0313. The van der Waals surface area contributed by atoms with Gasteiger partial charge in [-0.1, -0.05) is 6.07 Å². The largest absolute Gasteiger partial charge is 0.335 e. The summed E-state index contributed by atoms with van der Waals surface area (Å²) in [4.78, 5) is 16.8. The van der Waals surface area contributed by atoms with Crippen molar-refractivity contribution in [3.63, 3.8) is 0 Å². The SMILES string of the molecule is NC1CN(Cc2cccnc2)C1=O. The lowest BCUT2D eigenvalue weighted by molar-refractivity contribution is -0.143. The second-order valence-electron chi connectivity index (χ2n) is 3.19. The molecule has 1 saturated heterocycles. The summed E-state index contributed by atoms with van der Waals surface area (Å²) in [6, 6.07) is 3.53. The van der Waals surface area contributed by atoms with Crippen molar-refractivity contribution in [3.8, 4) is 0 Å². The average Bonchev–Trinajstić information content (AvgIpc) is 2.19. The van der Waals surface area contributed by atoms with Gasteiger partial charge in [-0.25, -0.2) is 0 Å². The van der Waals surface area contributed by atoms with Crippen molar-refractivity contribution in [2.45, 2.75) is 12.6 Å². The fourth-order valence-electron chi connectivity index (χ4n) is 1.38. The van der Waals surface area contributed by atoms with Crippen LogP contribution < -0.4 is 5.73 Å². The molecular weight excluding hydrogens is 166 g/mol. The Morgan fingerprint density at radius 1 is 1.69 bits per heavy atom. The molecule has 1 aromatic rings. The van der Waals surface area contributed by atoms with E-state index in [1.165, 1.54) is 0 Å². The van der Waals surface area contributed by atoms with Crippen molar-refractivity contribution in [2.75, 3.05) is 6.54 Å². The number of pyridine rings is 1. The first-order valence-corrected chi connectivity index (χ1v) is 4.20. The number of amides is 1. The molecule has 1 fully saturated rings. The zero-order chi connectivity index (χ0) is 9.26. The van der Waals surface area contributed by atoms with Gasteiger partial charge in [0.05, 0.1) is 0 Å². The number of aromatic nitrogens is 1. The van der Waals surface area contributed by atoms with E-state index in [2.05, 4.69) is 4.98 Å². The molecule has 0 aliphatic carbocycles. The van der Waals surface area contributed by atoms with E-state index in [1.807, 2.05) is 12.1 Å². The molecule has 1 aromatic heterocycles. The van der Waals surface area contributed by atoms with Gasteiger partial charge >= 0.3 is 0 Å². The number of carbonyl (C=O) groups excluding carboxylic acids is 1. The minimum Gasteiger partial charge on any atom is -0.335 e. The highest BCUT2D eigenvalue weighted by atomic mass is 16.2. The van der Waals surface area contributed by atoms with E-state index >= 15 is 0 Å². The predicted octanol–water partition coefficient (Wildman–Crippen LogP) is -0.249. The van der Waals surface area contributed by atoms with Crippen LogP contribution in [-0.4, -0.2) is 28.4 Å². The Bertz CT molecular complexity index is 312. The molecule has 0 radical (unpaired) electrons. The van der Waals surface area contributed by atoms with Gasteiger partial charge in [0.1, 0.15) is 6.04 Å². The molecule has 1 unspecified atom stereocenters. The molecule has 0 spiro atoms. The highest BCUT2D eigenvalue weighted by molar-refractivity contribution is 5.87. The Hall–Kier alpha value is -1.42. The lowest BCUT2D eigenvalue weighted by atomic mass is 10.1. The number of hydrogen-bond donors (Lipinski definition) is 1. The maximum absolute atomic E-state index is 11.1. The summed E-state index contributed by atoms with van der Waals surface area (Å²) in [5, 5.41) is 0. The summed E-state index contributed by atoms with van der Waals surface area (Å²) in [6.45, 7) is 1.29. The van der Waals surface area contributed by atoms with Crippen molar-refractivity contribution < 1.29 is 4.79 Å². The van der Waals surface area contributed by atoms with Crippen LogP contribution in [0.3, 0.4) is 0 Å². The molecule has 68 valence electrons. The molecule has 1 aliphatic heterocycles. The van der Waals surface area contributed by atoms with Crippen molar-refractivity contribution in [1.29, 1.82) is 0 Å². The highest BCUT2D eigenvalue weighted by Gasteiger charge is 2.32. The molecule has 13 heavy (non-hydrogen) atoms. The van der Waals surface area contributed by atoms with Gasteiger partial charge in [-0.3, -0.25) is 9.78 Å². The van der Waals surface area contributed by atoms with Crippen molar-refractivity contribution >= 4 is 5.91 Å². The lowest BCUT2D eigenvalue weighted by Gasteiger charge is -2.36. The Labute approximate surface area is 76.4 Å². The van der Waals surface area contributed by atoms with E-state index in [0.29, 0.717) is 13.1 Å².